The number of aryl methyl sites for hydroxylation is 1. The zero-order valence-electron chi connectivity index (χ0n) is 19.5. The fraction of sp³-hybridized carbons (Fsp3) is 0.296. The molecule has 3 aromatic rings. The van der Waals surface area contributed by atoms with Crippen molar-refractivity contribution in [3.63, 3.8) is 0 Å². The van der Waals surface area contributed by atoms with Crippen molar-refractivity contribution in [1.82, 2.24) is 10.0 Å². The second kappa shape index (κ2) is 10.4. The zero-order chi connectivity index (χ0) is 24.1. The molecule has 2 N–H and O–H groups in total. The molecule has 7 heteroatoms. The van der Waals surface area contributed by atoms with Gasteiger partial charge in [0, 0.05) is 6.54 Å². The van der Waals surface area contributed by atoms with Crippen molar-refractivity contribution in [1.29, 1.82) is 0 Å². The van der Waals surface area contributed by atoms with Crippen molar-refractivity contribution in [2.75, 3.05) is 6.54 Å². The van der Waals surface area contributed by atoms with E-state index in [1.165, 1.54) is 17.7 Å². The number of hydrogen-bond acceptors (Lipinski definition) is 4. The summed E-state index contributed by atoms with van der Waals surface area (Å²) < 4.78 is 34.4. The van der Waals surface area contributed by atoms with E-state index in [-0.39, 0.29) is 22.4 Å². The molecule has 178 valence electrons. The Morgan fingerprint density at radius 3 is 2.53 bits per heavy atom. The molecule has 0 saturated heterocycles. The number of benzene rings is 3. The molecule has 6 nitrogen and oxygen atoms in total. The minimum atomic E-state index is -3.76. The van der Waals surface area contributed by atoms with Gasteiger partial charge in [0.15, 0.2) is 0 Å². The highest BCUT2D eigenvalue weighted by atomic mass is 32.2. The second-order valence-corrected chi connectivity index (χ2v) is 10.7. The van der Waals surface area contributed by atoms with E-state index in [9.17, 15) is 13.2 Å². The molecule has 1 aliphatic carbocycles. The summed E-state index contributed by atoms with van der Waals surface area (Å²) in [5.41, 5.74) is 2.50. The predicted octanol–water partition coefficient (Wildman–Crippen LogP) is 5.22. The zero-order valence-corrected chi connectivity index (χ0v) is 20.3. The van der Waals surface area contributed by atoms with Gasteiger partial charge < -0.3 is 10.1 Å². The average Bonchev–Trinajstić information content (AvgIpc) is 3.22. The van der Waals surface area contributed by atoms with Crippen LogP contribution < -0.4 is 14.8 Å². The van der Waals surface area contributed by atoms with Gasteiger partial charge in [0.2, 0.25) is 10.0 Å². The first kappa shape index (κ1) is 24.0. The SMILES string of the molecule is CC(C)CCNS(=O)(=O)c1ccc(Oc2ccccc2)c(C(=O)NC2CCc3ccccc32)c1. The highest BCUT2D eigenvalue weighted by Crippen LogP contribution is 2.33. The lowest BCUT2D eigenvalue weighted by molar-refractivity contribution is 0.0934. The van der Waals surface area contributed by atoms with Gasteiger partial charge in [-0.25, -0.2) is 13.1 Å². The molecular formula is C27H30N2O4S. The van der Waals surface area contributed by atoms with E-state index in [1.54, 1.807) is 18.2 Å². The number of rotatable bonds is 9. The maximum absolute atomic E-state index is 13.4. The number of nitrogens with one attached hydrogen (secondary N) is 2. The van der Waals surface area contributed by atoms with Crippen molar-refractivity contribution in [2.24, 2.45) is 5.92 Å². The van der Waals surface area contributed by atoms with E-state index < -0.39 is 10.0 Å². The summed E-state index contributed by atoms with van der Waals surface area (Å²) in [6, 6.07) is 21.4. The van der Waals surface area contributed by atoms with E-state index >= 15 is 0 Å². The lowest BCUT2D eigenvalue weighted by Crippen LogP contribution is -2.29. The topological polar surface area (TPSA) is 84.5 Å². The minimum Gasteiger partial charge on any atom is -0.457 e. The average molecular weight is 479 g/mol. The van der Waals surface area contributed by atoms with Crippen molar-refractivity contribution in [3.8, 4) is 11.5 Å². The molecule has 0 radical (unpaired) electrons. The second-order valence-electron chi connectivity index (χ2n) is 8.92. The van der Waals surface area contributed by atoms with E-state index in [0.717, 1.165) is 24.8 Å². The standard InChI is InChI=1S/C27H30N2O4S/c1-19(2)16-17-28-34(31,32)22-13-15-26(33-21-9-4-3-5-10-21)24(18-22)27(30)29-25-14-12-20-8-6-7-11-23(20)25/h3-11,13,15,18-19,25,28H,12,14,16-17H2,1-2H3,(H,29,30). The Morgan fingerprint density at radius 2 is 1.76 bits per heavy atom. The molecule has 1 unspecified atom stereocenters. The molecule has 0 aliphatic heterocycles. The number of fused-ring (bicyclic) bond motifs is 1. The van der Waals surface area contributed by atoms with Gasteiger partial charge in [-0.3, -0.25) is 4.79 Å². The third-order valence-electron chi connectivity index (χ3n) is 5.93. The maximum Gasteiger partial charge on any atom is 0.255 e. The van der Waals surface area contributed by atoms with Gasteiger partial charge in [0.05, 0.1) is 16.5 Å². The van der Waals surface area contributed by atoms with Crippen LogP contribution in [-0.4, -0.2) is 20.9 Å². The van der Waals surface area contributed by atoms with Crippen LogP contribution in [-0.2, 0) is 16.4 Å². The normalized spacial score (nSPS) is 15.2. The van der Waals surface area contributed by atoms with Crippen molar-refractivity contribution < 1.29 is 17.9 Å². The molecule has 1 atom stereocenters. The quantitative estimate of drug-likeness (QED) is 0.442. The Hall–Kier alpha value is -3.16. The summed E-state index contributed by atoms with van der Waals surface area (Å²) in [5.74, 6) is 0.872. The lowest BCUT2D eigenvalue weighted by atomic mass is 10.1. The van der Waals surface area contributed by atoms with Crippen LogP contribution in [0.4, 0.5) is 0 Å². The maximum atomic E-state index is 13.4. The summed E-state index contributed by atoms with van der Waals surface area (Å²) in [6.45, 7) is 4.41. The monoisotopic (exact) mass is 478 g/mol. The van der Waals surface area contributed by atoms with Crippen LogP contribution in [0.3, 0.4) is 0 Å². The predicted molar refractivity (Wildman–Crippen MR) is 133 cm³/mol. The number of sulfonamides is 1. The smallest absolute Gasteiger partial charge is 0.255 e. The molecule has 0 heterocycles. The first-order valence-electron chi connectivity index (χ1n) is 11.6. The molecule has 34 heavy (non-hydrogen) atoms. The molecule has 1 amide bonds. The van der Waals surface area contributed by atoms with E-state index in [4.69, 9.17) is 4.74 Å². The molecule has 0 saturated carbocycles. The van der Waals surface area contributed by atoms with Crippen molar-refractivity contribution in [3.05, 3.63) is 89.5 Å². The van der Waals surface area contributed by atoms with Crippen LogP contribution in [0.15, 0.2) is 77.7 Å². The summed E-state index contributed by atoms with van der Waals surface area (Å²) in [7, 11) is -3.76. The van der Waals surface area contributed by atoms with Gasteiger partial charge in [-0.1, -0.05) is 56.3 Å². The van der Waals surface area contributed by atoms with Crippen LogP contribution >= 0.6 is 0 Å². The molecule has 1 aliphatic rings. The Morgan fingerprint density at radius 1 is 1.03 bits per heavy atom. The van der Waals surface area contributed by atoms with Crippen LogP contribution in [0.25, 0.3) is 0 Å². The van der Waals surface area contributed by atoms with Crippen molar-refractivity contribution in [2.45, 2.75) is 44.0 Å². The van der Waals surface area contributed by atoms with Crippen LogP contribution in [0.5, 0.6) is 11.5 Å². The Balaban J connectivity index is 1.63. The number of carbonyl (C=O) groups is 1. The van der Waals surface area contributed by atoms with E-state index in [0.29, 0.717) is 24.0 Å². The van der Waals surface area contributed by atoms with Gasteiger partial charge in [-0.15, -0.1) is 0 Å². The molecule has 0 fully saturated rings. The fourth-order valence-corrected chi connectivity index (χ4v) is 5.14. The number of hydrogen-bond donors (Lipinski definition) is 2. The summed E-state index contributed by atoms with van der Waals surface area (Å²) in [4.78, 5) is 13.4. The molecule has 0 aromatic heterocycles. The summed E-state index contributed by atoms with van der Waals surface area (Å²) in [6.07, 6.45) is 2.42. The van der Waals surface area contributed by atoms with E-state index in [1.807, 2.05) is 50.2 Å². The van der Waals surface area contributed by atoms with Gasteiger partial charge >= 0.3 is 0 Å². The number of amides is 1. The number of para-hydroxylation sites is 1. The van der Waals surface area contributed by atoms with Crippen molar-refractivity contribution >= 4 is 15.9 Å². The highest BCUT2D eigenvalue weighted by molar-refractivity contribution is 7.89. The van der Waals surface area contributed by atoms with Gasteiger partial charge in [0.25, 0.3) is 5.91 Å². The third kappa shape index (κ3) is 5.66. The molecular weight excluding hydrogens is 448 g/mol. The van der Waals surface area contributed by atoms with Crippen LogP contribution in [0, 0.1) is 5.92 Å². The van der Waals surface area contributed by atoms with Gasteiger partial charge in [0.1, 0.15) is 11.5 Å². The minimum absolute atomic E-state index is 0.0358. The molecule has 4 rings (SSSR count). The molecule has 0 spiro atoms. The largest absolute Gasteiger partial charge is 0.457 e. The van der Waals surface area contributed by atoms with Gasteiger partial charge in [-0.2, -0.15) is 0 Å². The summed E-state index contributed by atoms with van der Waals surface area (Å²) >= 11 is 0. The summed E-state index contributed by atoms with van der Waals surface area (Å²) in [5, 5.41) is 3.08. The molecule has 0 bridgehead atoms. The number of ether oxygens (including phenoxy) is 1. The third-order valence-corrected chi connectivity index (χ3v) is 7.39. The van der Waals surface area contributed by atoms with Crippen LogP contribution in [0.2, 0.25) is 0 Å². The first-order valence-corrected chi connectivity index (χ1v) is 13.1. The Kier molecular flexibility index (Phi) is 7.34. The van der Waals surface area contributed by atoms with E-state index in [2.05, 4.69) is 16.1 Å². The highest BCUT2D eigenvalue weighted by Gasteiger charge is 2.26. The van der Waals surface area contributed by atoms with Gasteiger partial charge in [-0.05, 0) is 66.6 Å². The fourth-order valence-electron chi connectivity index (χ4n) is 4.07. The number of carbonyl (C=O) groups excluding carboxylic acids is 1. The van der Waals surface area contributed by atoms with Crippen LogP contribution in [0.1, 0.15) is 54.2 Å². The Bertz CT molecular complexity index is 1260. The Labute approximate surface area is 201 Å². The lowest BCUT2D eigenvalue weighted by Gasteiger charge is -2.17. The first-order chi connectivity index (χ1) is 16.3. The molecule has 3 aromatic carbocycles.